The number of aromatic nitrogens is 2. The molecule has 5 aromatic rings. The van der Waals surface area contributed by atoms with Crippen LogP contribution in [0.2, 0.25) is 0 Å². The number of nitriles is 1. The Hall–Kier alpha value is -4.95. The second kappa shape index (κ2) is 13.4. The molecular weight excluding hydrogens is 592 g/mol. The summed E-state index contributed by atoms with van der Waals surface area (Å²) in [5.74, 6) is 0. The van der Waals surface area contributed by atoms with Gasteiger partial charge in [-0.15, -0.1) is 0 Å². The van der Waals surface area contributed by atoms with Crippen molar-refractivity contribution in [3.05, 3.63) is 103 Å². The van der Waals surface area contributed by atoms with Crippen LogP contribution in [-0.2, 0) is 16.1 Å². The van der Waals surface area contributed by atoms with Gasteiger partial charge in [-0.25, -0.2) is 4.79 Å². The number of aliphatic hydroxyl groups excluding tert-OH is 1. The minimum Gasteiger partial charge on any atom is -0.444 e. The Kier molecular flexibility index (Phi) is 8.76. The number of morpholine rings is 1. The lowest BCUT2D eigenvalue weighted by Crippen LogP contribution is -2.58. The maximum Gasteiger partial charge on any atom is 0.418 e. The molecule has 2 aromatic heterocycles. The first-order valence-electron chi connectivity index (χ1n) is 16.1. The van der Waals surface area contributed by atoms with Gasteiger partial charge in [-0.3, -0.25) is 14.5 Å². The SMILES string of the molecule is C[C@@H]1CN(c2ccc(C#N)c3ncccc23)C[C@H](CN2CCN(c3ccc4cn(C(=O)OCc5ccccc5)cc4c3)[C@H](CO)C2)O1. The topological polar surface area (TPSA) is 107 Å². The molecule has 0 aliphatic carbocycles. The smallest absolute Gasteiger partial charge is 0.418 e. The Morgan fingerprint density at radius 2 is 1.87 bits per heavy atom. The molecule has 0 saturated carbocycles. The van der Waals surface area contributed by atoms with Crippen LogP contribution in [0.15, 0.2) is 91.4 Å². The van der Waals surface area contributed by atoms with Crippen molar-refractivity contribution in [2.45, 2.75) is 31.8 Å². The Morgan fingerprint density at radius 3 is 2.70 bits per heavy atom. The summed E-state index contributed by atoms with van der Waals surface area (Å²) >= 11 is 0. The van der Waals surface area contributed by atoms with Gasteiger partial charge in [0.25, 0.3) is 0 Å². The standard InChI is InChI=1S/C37H38N6O4/c1-26-18-41(35-12-10-28(17-38)36-34(35)8-5-13-39-36)23-33(47-26)22-40-14-15-43(32(21-40)24-44)31-11-9-29-19-42(20-30(29)16-31)37(45)46-25-27-6-3-2-4-7-27/h2-13,16,19-20,26,32-33,44H,14-15,18,21-25H2,1H3/t26-,32+,33+/m1/s1. The number of benzene rings is 3. The van der Waals surface area contributed by atoms with Crippen molar-refractivity contribution in [2.24, 2.45) is 0 Å². The van der Waals surface area contributed by atoms with E-state index in [1.54, 1.807) is 18.6 Å². The first-order valence-corrected chi connectivity index (χ1v) is 16.1. The van der Waals surface area contributed by atoms with Gasteiger partial charge in [0.2, 0.25) is 0 Å². The molecule has 240 valence electrons. The summed E-state index contributed by atoms with van der Waals surface area (Å²) in [6.07, 6.45) is 4.93. The van der Waals surface area contributed by atoms with Crippen molar-refractivity contribution in [1.29, 1.82) is 5.26 Å². The minimum absolute atomic E-state index is 0.00947. The summed E-state index contributed by atoms with van der Waals surface area (Å²) < 4.78 is 13.4. The van der Waals surface area contributed by atoms with Crippen LogP contribution < -0.4 is 9.80 Å². The summed E-state index contributed by atoms with van der Waals surface area (Å²) in [6.45, 7) is 6.89. The number of piperazine rings is 1. The Balaban J connectivity index is 1.01. The van der Waals surface area contributed by atoms with Crippen LogP contribution in [0.4, 0.5) is 16.2 Å². The van der Waals surface area contributed by atoms with Gasteiger partial charge in [0, 0.05) is 85.4 Å². The fraction of sp³-hybridized carbons (Fsp3) is 0.324. The molecule has 47 heavy (non-hydrogen) atoms. The molecule has 10 nitrogen and oxygen atoms in total. The molecule has 3 atom stereocenters. The van der Waals surface area contributed by atoms with Gasteiger partial charge in [0.05, 0.1) is 35.9 Å². The number of carbonyl (C=O) groups is 1. The van der Waals surface area contributed by atoms with E-state index in [2.05, 4.69) is 44.8 Å². The molecule has 2 aliphatic heterocycles. The molecule has 0 amide bonds. The van der Waals surface area contributed by atoms with Crippen LogP contribution in [0.3, 0.4) is 0 Å². The fourth-order valence-corrected chi connectivity index (χ4v) is 6.94. The molecule has 3 aromatic carbocycles. The number of aliphatic hydroxyl groups is 1. The number of fused-ring (bicyclic) bond motifs is 2. The van der Waals surface area contributed by atoms with Crippen molar-refractivity contribution in [1.82, 2.24) is 14.5 Å². The molecule has 0 radical (unpaired) electrons. The van der Waals surface area contributed by atoms with Gasteiger partial charge in [-0.2, -0.15) is 5.26 Å². The second-order valence-electron chi connectivity index (χ2n) is 12.4. The average Bonchev–Trinajstić information content (AvgIpc) is 3.54. The van der Waals surface area contributed by atoms with Gasteiger partial charge < -0.3 is 24.4 Å². The van der Waals surface area contributed by atoms with E-state index >= 15 is 0 Å². The number of anilines is 2. The van der Waals surface area contributed by atoms with Gasteiger partial charge in [0.1, 0.15) is 12.7 Å². The van der Waals surface area contributed by atoms with Crippen molar-refractivity contribution in [3.8, 4) is 6.07 Å². The van der Waals surface area contributed by atoms with Crippen LogP contribution in [0.1, 0.15) is 18.1 Å². The number of hydrogen-bond donors (Lipinski definition) is 1. The summed E-state index contributed by atoms with van der Waals surface area (Å²) in [5.41, 5.74) is 4.32. The number of carbonyl (C=O) groups excluding carboxylic acids is 1. The van der Waals surface area contributed by atoms with Crippen LogP contribution in [0, 0.1) is 11.3 Å². The van der Waals surface area contributed by atoms with E-state index in [4.69, 9.17) is 9.47 Å². The Bertz CT molecular complexity index is 1920. The quantitative estimate of drug-likeness (QED) is 0.265. The largest absolute Gasteiger partial charge is 0.444 e. The lowest BCUT2D eigenvalue weighted by molar-refractivity contribution is -0.0351. The average molecular weight is 631 g/mol. The van der Waals surface area contributed by atoms with E-state index < -0.39 is 6.09 Å². The van der Waals surface area contributed by atoms with Gasteiger partial charge >= 0.3 is 6.09 Å². The first-order chi connectivity index (χ1) is 23.0. The third-order valence-corrected chi connectivity index (χ3v) is 9.15. The molecule has 10 heteroatoms. The minimum atomic E-state index is -0.421. The molecule has 0 bridgehead atoms. The lowest BCUT2D eigenvalue weighted by atomic mass is 10.1. The highest BCUT2D eigenvalue weighted by Crippen LogP contribution is 2.31. The highest BCUT2D eigenvalue weighted by molar-refractivity contribution is 5.95. The van der Waals surface area contributed by atoms with E-state index in [9.17, 15) is 15.2 Å². The zero-order valence-corrected chi connectivity index (χ0v) is 26.4. The van der Waals surface area contributed by atoms with Crippen LogP contribution >= 0.6 is 0 Å². The summed E-state index contributed by atoms with van der Waals surface area (Å²) in [5, 5.41) is 22.9. The maximum absolute atomic E-state index is 12.7. The molecular formula is C37H38N6O4. The monoisotopic (exact) mass is 630 g/mol. The molecule has 7 rings (SSSR count). The third kappa shape index (κ3) is 6.51. The molecule has 1 N–H and O–H groups in total. The second-order valence-corrected chi connectivity index (χ2v) is 12.4. The Morgan fingerprint density at radius 1 is 1.02 bits per heavy atom. The zero-order valence-electron chi connectivity index (χ0n) is 26.4. The van der Waals surface area contributed by atoms with Crippen LogP contribution in [0.25, 0.3) is 21.7 Å². The van der Waals surface area contributed by atoms with Crippen molar-refractivity contribution >= 4 is 39.1 Å². The van der Waals surface area contributed by atoms with Crippen molar-refractivity contribution < 1.29 is 19.4 Å². The van der Waals surface area contributed by atoms with E-state index in [1.165, 1.54) is 4.57 Å². The van der Waals surface area contributed by atoms with E-state index in [-0.39, 0.29) is 31.5 Å². The van der Waals surface area contributed by atoms with Crippen molar-refractivity contribution in [3.63, 3.8) is 0 Å². The molecule has 0 unspecified atom stereocenters. The number of nitrogens with zero attached hydrogens (tertiary/aromatic N) is 6. The maximum atomic E-state index is 12.7. The van der Waals surface area contributed by atoms with Gasteiger partial charge in [0.15, 0.2) is 0 Å². The number of ether oxygens (including phenoxy) is 2. The normalized spacial score (nSPS) is 20.4. The highest BCUT2D eigenvalue weighted by Gasteiger charge is 2.32. The summed E-state index contributed by atoms with van der Waals surface area (Å²) in [6, 6.07) is 25.8. The molecule has 2 saturated heterocycles. The predicted octanol–water partition coefficient (Wildman–Crippen LogP) is 5.02. The number of rotatable bonds is 7. The Labute approximate surface area is 274 Å². The summed E-state index contributed by atoms with van der Waals surface area (Å²) in [7, 11) is 0. The van der Waals surface area contributed by atoms with Gasteiger partial charge in [-0.1, -0.05) is 36.4 Å². The van der Waals surface area contributed by atoms with E-state index in [0.717, 1.165) is 71.3 Å². The number of hydrogen-bond acceptors (Lipinski definition) is 9. The lowest BCUT2D eigenvalue weighted by Gasteiger charge is -2.45. The zero-order chi connectivity index (χ0) is 32.3. The van der Waals surface area contributed by atoms with Crippen molar-refractivity contribution in [2.75, 3.05) is 55.7 Å². The van der Waals surface area contributed by atoms with Crippen LogP contribution in [0.5, 0.6) is 0 Å². The summed E-state index contributed by atoms with van der Waals surface area (Å²) in [4.78, 5) is 24.2. The highest BCUT2D eigenvalue weighted by atomic mass is 16.5. The number of pyridine rings is 1. The van der Waals surface area contributed by atoms with E-state index in [1.807, 2.05) is 60.7 Å². The van der Waals surface area contributed by atoms with E-state index in [0.29, 0.717) is 12.1 Å². The molecule has 2 aliphatic rings. The molecule has 4 heterocycles. The molecule has 2 fully saturated rings. The third-order valence-electron chi connectivity index (χ3n) is 9.15. The van der Waals surface area contributed by atoms with Gasteiger partial charge in [-0.05, 0) is 48.9 Å². The van der Waals surface area contributed by atoms with Crippen LogP contribution in [-0.4, -0.2) is 89.8 Å². The predicted molar refractivity (Wildman–Crippen MR) is 182 cm³/mol. The molecule has 0 spiro atoms. The first kappa shape index (κ1) is 30.7. The fourth-order valence-electron chi connectivity index (χ4n) is 6.94.